The summed E-state index contributed by atoms with van der Waals surface area (Å²) in [6.07, 6.45) is 2.79. The number of aromatic nitrogens is 1. The summed E-state index contributed by atoms with van der Waals surface area (Å²) >= 11 is 0. The number of amides is 2. The first-order valence-electron chi connectivity index (χ1n) is 8.44. The maximum absolute atomic E-state index is 12.4. The molecule has 128 valence electrons. The zero-order valence-electron chi connectivity index (χ0n) is 14.4. The van der Waals surface area contributed by atoms with Gasteiger partial charge in [0.25, 0.3) is 0 Å². The van der Waals surface area contributed by atoms with E-state index in [0.29, 0.717) is 11.9 Å². The molecule has 0 aromatic carbocycles. The quantitative estimate of drug-likeness (QED) is 0.818. The van der Waals surface area contributed by atoms with Gasteiger partial charge in [0.2, 0.25) is 0 Å². The van der Waals surface area contributed by atoms with Crippen molar-refractivity contribution >= 4 is 11.8 Å². The zero-order valence-corrected chi connectivity index (χ0v) is 14.4. The van der Waals surface area contributed by atoms with Crippen LogP contribution in [0.25, 0.3) is 0 Å². The number of hydrogen-bond acceptors (Lipinski definition) is 4. The summed E-state index contributed by atoms with van der Waals surface area (Å²) in [6, 6.07) is 4.11. The van der Waals surface area contributed by atoms with E-state index in [0.717, 1.165) is 51.4 Å². The molecule has 2 rings (SSSR count). The van der Waals surface area contributed by atoms with E-state index >= 15 is 0 Å². The molecule has 23 heavy (non-hydrogen) atoms. The van der Waals surface area contributed by atoms with Crippen molar-refractivity contribution in [1.29, 1.82) is 0 Å². The van der Waals surface area contributed by atoms with Crippen LogP contribution in [-0.2, 0) is 4.74 Å². The van der Waals surface area contributed by atoms with Gasteiger partial charge >= 0.3 is 6.03 Å². The highest BCUT2D eigenvalue weighted by Gasteiger charge is 2.28. The van der Waals surface area contributed by atoms with Crippen molar-refractivity contribution in [3.05, 3.63) is 23.9 Å². The first-order chi connectivity index (χ1) is 11.1. The van der Waals surface area contributed by atoms with Crippen molar-refractivity contribution in [3.63, 3.8) is 0 Å². The Morgan fingerprint density at radius 1 is 1.39 bits per heavy atom. The first kappa shape index (κ1) is 17.7. The van der Waals surface area contributed by atoms with Crippen LogP contribution in [0.5, 0.6) is 0 Å². The van der Waals surface area contributed by atoms with Crippen LogP contribution in [0.2, 0.25) is 0 Å². The van der Waals surface area contributed by atoms with Crippen LogP contribution in [0.4, 0.5) is 10.6 Å². The average molecular weight is 320 g/mol. The molecule has 1 N–H and O–H groups in total. The molecule has 0 bridgehead atoms. The highest BCUT2D eigenvalue weighted by atomic mass is 16.5. The zero-order chi connectivity index (χ0) is 16.7. The van der Waals surface area contributed by atoms with Gasteiger partial charge in [-0.15, -0.1) is 0 Å². The van der Waals surface area contributed by atoms with Gasteiger partial charge in [-0.25, -0.2) is 9.78 Å². The van der Waals surface area contributed by atoms with E-state index in [1.807, 2.05) is 30.9 Å². The smallest absolute Gasteiger partial charge is 0.323 e. The minimum absolute atomic E-state index is 0.0655. The van der Waals surface area contributed by atoms with E-state index in [1.165, 1.54) is 0 Å². The molecule has 1 aromatic rings. The molecule has 0 spiro atoms. The Hall–Kier alpha value is -1.66. The fraction of sp³-hybridized carbons (Fsp3) is 0.647. The van der Waals surface area contributed by atoms with E-state index in [2.05, 4.69) is 22.1 Å². The van der Waals surface area contributed by atoms with Crippen molar-refractivity contribution in [2.75, 3.05) is 44.7 Å². The van der Waals surface area contributed by atoms with Gasteiger partial charge in [0.1, 0.15) is 5.82 Å². The van der Waals surface area contributed by atoms with E-state index in [1.54, 1.807) is 6.20 Å². The van der Waals surface area contributed by atoms with E-state index < -0.39 is 0 Å². The van der Waals surface area contributed by atoms with Crippen LogP contribution in [-0.4, -0.2) is 66.2 Å². The summed E-state index contributed by atoms with van der Waals surface area (Å²) in [5, 5.41) is 2.88. The lowest BCUT2D eigenvalue weighted by molar-refractivity contribution is 0.0545. The van der Waals surface area contributed by atoms with Crippen LogP contribution in [0, 0.1) is 6.92 Å². The Kier molecular flexibility index (Phi) is 6.80. The number of nitrogens with zero attached hydrogens (tertiary/aromatic N) is 3. The molecule has 1 aliphatic heterocycles. The Labute approximate surface area is 138 Å². The summed E-state index contributed by atoms with van der Waals surface area (Å²) in [7, 11) is 0. The lowest BCUT2D eigenvalue weighted by atomic mass is 10.1. The van der Waals surface area contributed by atoms with Crippen LogP contribution in [0.1, 0.15) is 25.8 Å². The summed E-state index contributed by atoms with van der Waals surface area (Å²) in [6.45, 7) is 11.0. The lowest BCUT2D eigenvalue weighted by Crippen LogP contribution is -2.56. The van der Waals surface area contributed by atoms with E-state index in [-0.39, 0.29) is 6.03 Å². The minimum atomic E-state index is -0.0655. The second-order valence-corrected chi connectivity index (χ2v) is 5.89. The summed E-state index contributed by atoms with van der Waals surface area (Å²) in [4.78, 5) is 20.9. The number of carbonyl (C=O) groups is 1. The van der Waals surface area contributed by atoms with Crippen LogP contribution < -0.4 is 5.32 Å². The maximum atomic E-state index is 12.4. The second-order valence-electron chi connectivity index (χ2n) is 5.89. The number of anilines is 1. The fourth-order valence-electron chi connectivity index (χ4n) is 2.82. The molecule has 1 atom stereocenters. The Morgan fingerprint density at radius 3 is 2.87 bits per heavy atom. The number of nitrogens with one attached hydrogen (secondary N) is 1. The summed E-state index contributed by atoms with van der Waals surface area (Å²) in [5.74, 6) is 0.604. The molecule has 0 radical (unpaired) electrons. The average Bonchev–Trinajstić information content (AvgIpc) is 2.57. The minimum Gasteiger partial charge on any atom is -0.380 e. The van der Waals surface area contributed by atoms with E-state index in [4.69, 9.17) is 4.74 Å². The van der Waals surface area contributed by atoms with Gasteiger partial charge in [-0.3, -0.25) is 10.2 Å². The molecular formula is C17H28N4O2. The number of hydrogen-bond donors (Lipinski definition) is 1. The Balaban J connectivity index is 1.86. The van der Waals surface area contributed by atoms with Crippen LogP contribution in [0.3, 0.4) is 0 Å². The number of piperazine rings is 1. The van der Waals surface area contributed by atoms with Gasteiger partial charge in [-0.2, -0.15) is 0 Å². The Morgan fingerprint density at radius 2 is 2.22 bits per heavy atom. The third-order valence-corrected chi connectivity index (χ3v) is 4.24. The molecule has 0 aliphatic carbocycles. The number of carbonyl (C=O) groups excluding carboxylic acids is 1. The largest absolute Gasteiger partial charge is 0.380 e. The van der Waals surface area contributed by atoms with Crippen molar-refractivity contribution < 1.29 is 9.53 Å². The third kappa shape index (κ3) is 5.18. The molecule has 6 heteroatoms. The summed E-state index contributed by atoms with van der Waals surface area (Å²) in [5.41, 5.74) is 1.08. The fourth-order valence-corrected chi connectivity index (χ4v) is 2.82. The number of rotatable bonds is 6. The molecule has 1 aliphatic rings. The highest BCUT2D eigenvalue weighted by Crippen LogP contribution is 2.14. The molecule has 1 fully saturated rings. The molecule has 1 aromatic heterocycles. The predicted octanol–water partition coefficient (Wildman–Crippen LogP) is 2.35. The molecule has 2 amide bonds. The van der Waals surface area contributed by atoms with Gasteiger partial charge in [0.15, 0.2) is 0 Å². The Bertz CT molecular complexity index is 492. The van der Waals surface area contributed by atoms with Crippen molar-refractivity contribution in [2.45, 2.75) is 33.2 Å². The predicted molar refractivity (Wildman–Crippen MR) is 91.7 cm³/mol. The molecule has 0 saturated carbocycles. The van der Waals surface area contributed by atoms with Gasteiger partial charge in [-0.05, 0) is 31.9 Å². The van der Waals surface area contributed by atoms with E-state index in [9.17, 15) is 4.79 Å². The lowest BCUT2D eigenvalue weighted by Gasteiger charge is -2.41. The van der Waals surface area contributed by atoms with Crippen molar-refractivity contribution in [2.24, 2.45) is 0 Å². The number of urea groups is 1. The number of pyridine rings is 1. The molecule has 0 unspecified atom stereocenters. The highest BCUT2D eigenvalue weighted by molar-refractivity contribution is 5.88. The molecule has 1 saturated heterocycles. The van der Waals surface area contributed by atoms with Gasteiger partial charge in [0.05, 0.1) is 6.61 Å². The second kappa shape index (κ2) is 8.84. The molecule has 2 heterocycles. The van der Waals surface area contributed by atoms with Gasteiger partial charge < -0.3 is 9.64 Å². The van der Waals surface area contributed by atoms with Crippen molar-refractivity contribution in [1.82, 2.24) is 14.8 Å². The summed E-state index contributed by atoms with van der Waals surface area (Å²) < 4.78 is 5.45. The first-order valence-corrected chi connectivity index (χ1v) is 8.44. The number of aryl methyl sites for hydroxylation is 1. The third-order valence-electron chi connectivity index (χ3n) is 4.24. The van der Waals surface area contributed by atoms with Gasteiger partial charge in [-0.1, -0.05) is 13.0 Å². The maximum Gasteiger partial charge on any atom is 0.323 e. The molecule has 6 nitrogen and oxygen atoms in total. The standard InChI is InChI=1S/C17H28N4O2/c1-4-15-13-21(9-8-20(15)10-11-23-5-2)17(22)19-16-7-6-14(3)12-18-16/h6-7,12,15H,4-5,8-11,13H2,1-3H3,(H,18,19,22)/t15-/m1/s1. The topological polar surface area (TPSA) is 57.7 Å². The molecular weight excluding hydrogens is 292 g/mol. The SMILES string of the molecule is CCOCCN1CCN(C(=O)Nc2ccc(C)cn2)C[C@H]1CC. The van der Waals surface area contributed by atoms with Crippen LogP contribution in [0.15, 0.2) is 18.3 Å². The van der Waals surface area contributed by atoms with Crippen LogP contribution >= 0.6 is 0 Å². The van der Waals surface area contributed by atoms with Crippen molar-refractivity contribution in [3.8, 4) is 0 Å². The number of ether oxygens (including phenoxy) is 1. The van der Waals surface area contributed by atoms with Gasteiger partial charge in [0, 0.05) is 45.0 Å². The monoisotopic (exact) mass is 320 g/mol. The normalized spacial score (nSPS) is 18.9.